The van der Waals surface area contributed by atoms with Crippen molar-refractivity contribution < 1.29 is 14.3 Å². The summed E-state index contributed by atoms with van der Waals surface area (Å²) < 4.78 is 5.31. The van der Waals surface area contributed by atoms with E-state index < -0.39 is 0 Å². The van der Waals surface area contributed by atoms with E-state index in [4.69, 9.17) is 15.5 Å². The highest BCUT2D eigenvalue weighted by Gasteiger charge is 2.29. The number of nitrogens with two attached hydrogens (primary N) is 1. The third-order valence-electron chi connectivity index (χ3n) is 4.88. The Morgan fingerprint density at radius 2 is 1.93 bits per heavy atom. The molecule has 0 spiro atoms. The summed E-state index contributed by atoms with van der Waals surface area (Å²) in [5.41, 5.74) is 9.63. The van der Waals surface area contributed by atoms with Crippen molar-refractivity contribution >= 4 is 39.0 Å². The van der Waals surface area contributed by atoms with Crippen LogP contribution in [0.1, 0.15) is 56.6 Å². The number of hydrogen-bond donors (Lipinski definition) is 1. The number of aromatic nitrogens is 1. The van der Waals surface area contributed by atoms with E-state index in [0.29, 0.717) is 31.9 Å². The average molecular weight is 380 g/mol. The zero-order chi connectivity index (χ0) is 19.0. The summed E-state index contributed by atoms with van der Waals surface area (Å²) in [6.07, 6.45) is 3.66. The molecule has 0 saturated heterocycles. The van der Waals surface area contributed by atoms with Gasteiger partial charge in [-0.25, -0.2) is 9.78 Å². The van der Waals surface area contributed by atoms with Crippen molar-refractivity contribution in [2.75, 3.05) is 12.3 Å². The summed E-state index contributed by atoms with van der Waals surface area (Å²) in [6, 6.07) is 9.02. The molecule has 2 heterocycles. The molecule has 5 nitrogen and oxygen atoms in total. The van der Waals surface area contributed by atoms with Gasteiger partial charge in [-0.2, -0.15) is 0 Å². The Bertz CT molecular complexity index is 1040. The molecule has 138 valence electrons. The zero-order valence-corrected chi connectivity index (χ0v) is 15.9. The van der Waals surface area contributed by atoms with Crippen LogP contribution in [-0.4, -0.2) is 23.3 Å². The third-order valence-corrected chi connectivity index (χ3v) is 5.97. The molecule has 3 aromatic rings. The van der Waals surface area contributed by atoms with Gasteiger partial charge in [-0.1, -0.05) is 30.3 Å². The highest BCUT2D eigenvalue weighted by Crippen LogP contribution is 2.40. The molecular formula is C21H20N2O3S. The number of fused-ring (bicyclic) bond motifs is 2. The summed E-state index contributed by atoms with van der Waals surface area (Å²) in [5.74, 6) is -0.532. The van der Waals surface area contributed by atoms with Crippen LogP contribution in [0.25, 0.3) is 10.2 Å². The van der Waals surface area contributed by atoms with E-state index in [-0.39, 0.29) is 18.4 Å². The normalized spacial score (nSPS) is 13.4. The Kier molecular flexibility index (Phi) is 4.66. The van der Waals surface area contributed by atoms with Crippen LogP contribution >= 0.6 is 11.3 Å². The zero-order valence-electron chi connectivity index (χ0n) is 15.1. The Morgan fingerprint density at radius 3 is 2.67 bits per heavy atom. The van der Waals surface area contributed by atoms with Gasteiger partial charge in [0, 0.05) is 16.6 Å². The van der Waals surface area contributed by atoms with Gasteiger partial charge >= 0.3 is 5.97 Å². The maximum atomic E-state index is 13.0. The summed E-state index contributed by atoms with van der Waals surface area (Å²) in [7, 11) is 0. The standard InChI is InChI=1S/C21H20N2O3S/c1-2-26-21(25)15-13-10-6-7-11-14(13)23-20-16(15)17(22)19(27-20)18(24)12-8-4-3-5-9-12/h3-5,8-9H,2,6-7,10-11,22H2,1H3. The number of thiophene rings is 1. The summed E-state index contributed by atoms with van der Waals surface area (Å²) in [4.78, 5) is 31.5. The molecule has 2 aromatic heterocycles. The molecule has 2 N–H and O–H groups in total. The maximum absolute atomic E-state index is 13.0. The van der Waals surface area contributed by atoms with E-state index in [2.05, 4.69) is 0 Å². The van der Waals surface area contributed by atoms with Gasteiger partial charge in [0.05, 0.1) is 17.9 Å². The fraction of sp³-hybridized carbons (Fsp3) is 0.286. The molecule has 0 bridgehead atoms. The molecule has 0 saturated carbocycles. The topological polar surface area (TPSA) is 82.3 Å². The largest absolute Gasteiger partial charge is 0.462 e. The van der Waals surface area contributed by atoms with Gasteiger partial charge in [0.25, 0.3) is 0 Å². The lowest BCUT2D eigenvalue weighted by atomic mass is 9.90. The quantitative estimate of drug-likeness (QED) is 0.543. The van der Waals surface area contributed by atoms with E-state index in [0.717, 1.165) is 36.9 Å². The molecule has 1 aliphatic rings. The second-order valence-corrected chi connectivity index (χ2v) is 7.56. The number of carbonyl (C=O) groups excluding carboxylic acids is 2. The predicted molar refractivity (Wildman–Crippen MR) is 107 cm³/mol. The number of rotatable bonds is 4. The van der Waals surface area contributed by atoms with Gasteiger partial charge < -0.3 is 10.5 Å². The minimum atomic E-state index is -0.383. The van der Waals surface area contributed by atoms with Crippen molar-refractivity contribution in [3.63, 3.8) is 0 Å². The van der Waals surface area contributed by atoms with Crippen LogP contribution in [0.3, 0.4) is 0 Å². The molecule has 0 aliphatic heterocycles. The van der Waals surface area contributed by atoms with E-state index in [1.165, 1.54) is 11.3 Å². The van der Waals surface area contributed by atoms with Crippen LogP contribution in [0.5, 0.6) is 0 Å². The molecule has 0 radical (unpaired) electrons. The summed E-state index contributed by atoms with van der Waals surface area (Å²) >= 11 is 1.26. The average Bonchev–Trinajstić information content (AvgIpc) is 3.02. The Balaban J connectivity index is 1.95. The van der Waals surface area contributed by atoms with Crippen LogP contribution in [0, 0.1) is 0 Å². The van der Waals surface area contributed by atoms with E-state index in [9.17, 15) is 9.59 Å². The number of carbonyl (C=O) groups is 2. The number of ether oxygens (including phenoxy) is 1. The van der Waals surface area contributed by atoms with E-state index in [1.807, 2.05) is 18.2 Å². The first-order valence-corrected chi connectivity index (χ1v) is 9.94. The first kappa shape index (κ1) is 17.7. The van der Waals surface area contributed by atoms with Gasteiger partial charge in [-0.05, 0) is 38.2 Å². The second kappa shape index (κ2) is 7.12. The minimum Gasteiger partial charge on any atom is -0.462 e. The van der Waals surface area contributed by atoms with Crippen LogP contribution < -0.4 is 5.73 Å². The molecule has 27 heavy (non-hydrogen) atoms. The number of nitrogen functional groups attached to an aromatic ring is 1. The van der Waals surface area contributed by atoms with Crippen LogP contribution in [0.4, 0.5) is 5.69 Å². The first-order valence-electron chi connectivity index (χ1n) is 9.12. The monoisotopic (exact) mass is 380 g/mol. The highest BCUT2D eigenvalue weighted by atomic mass is 32.1. The number of esters is 1. The third kappa shape index (κ3) is 3.00. The molecule has 4 rings (SSSR count). The van der Waals surface area contributed by atoms with Crippen molar-refractivity contribution in [1.82, 2.24) is 4.98 Å². The van der Waals surface area contributed by atoms with Gasteiger partial charge in [-0.3, -0.25) is 4.79 Å². The number of anilines is 1. The molecule has 0 unspecified atom stereocenters. The number of ketones is 1. The first-order chi connectivity index (χ1) is 13.1. The lowest BCUT2D eigenvalue weighted by Gasteiger charge is -2.18. The van der Waals surface area contributed by atoms with Gasteiger partial charge in [0.15, 0.2) is 0 Å². The van der Waals surface area contributed by atoms with Crippen molar-refractivity contribution in [1.29, 1.82) is 0 Å². The van der Waals surface area contributed by atoms with Crippen LogP contribution in [0.2, 0.25) is 0 Å². The molecule has 0 amide bonds. The molecular weight excluding hydrogens is 360 g/mol. The van der Waals surface area contributed by atoms with Crippen molar-refractivity contribution in [3.05, 3.63) is 57.6 Å². The Hall–Kier alpha value is -2.73. The van der Waals surface area contributed by atoms with Crippen LogP contribution in [0.15, 0.2) is 30.3 Å². The van der Waals surface area contributed by atoms with Crippen molar-refractivity contribution in [2.45, 2.75) is 32.6 Å². The van der Waals surface area contributed by atoms with Crippen LogP contribution in [-0.2, 0) is 17.6 Å². The highest BCUT2D eigenvalue weighted by molar-refractivity contribution is 7.21. The number of hydrogen-bond acceptors (Lipinski definition) is 6. The van der Waals surface area contributed by atoms with Gasteiger partial charge in [0.2, 0.25) is 5.78 Å². The Morgan fingerprint density at radius 1 is 1.19 bits per heavy atom. The summed E-state index contributed by atoms with van der Waals surface area (Å²) in [6.45, 7) is 2.07. The minimum absolute atomic E-state index is 0.149. The number of aryl methyl sites for hydroxylation is 1. The second-order valence-electron chi connectivity index (χ2n) is 6.56. The molecule has 1 aliphatic carbocycles. The van der Waals surface area contributed by atoms with Crippen molar-refractivity contribution in [2.24, 2.45) is 0 Å². The van der Waals surface area contributed by atoms with Gasteiger partial charge in [0.1, 0.15) is 9.71 Å². The number of nitrogens with zero attached hydrogens (tertiary/aromatic N) is 1. The fourth-order valence-electron chi connectivity index (χ4n) is 3.63. The molecule has 0 atom stereocenters. The smallest absolute Gasteiger partial charge is 0.339 e. The maximum Gasteiger partial charge on any atom is 0.339 e. The number of pyridine rings is 1. The SMILES string of the molecule is CCOC(=O)c1c2c(nc3sc(C(=O)c4ccccc4)c(N)c13)CCCC2. The molecule has 0 fully saturated rings. The Labute approximate surface area is 161 Å². The molecule has 1 aromatic carbocycles. The number of benzene rings is 1. The lowest BCUT2D eigenvalue weighted by Crippen LogP contribution is -2.15. The van der Waals surface area contributed by atoms with Gasteiger partial charge in [-0.15, -0.1) is 11.3 Å². The lowest BCUT2D eigenvalue weighted by molar-refractivity contribution is 0.0527. The van der Waals surface area contributed by atoms with E-state index in [1.54, 1.807) is 19.1 Å². The fourth-order valence-corrected chi connectivity index (χ4v) is 4.71. The summed E-state index contributed by atoms with van der Waals surface area (Å²) in [5, 5.41) is 0.568. The van der Waals surface area contributed by atoms with E-state index >= 15 is 0 Å². The van der Waals surface area contributed by atoms with Crippen molar-refractivity contribution in [3.8, 4) is 0 Å². The predicted octanol–water partition coefficient (Wildman–Crippen LogP) is 4.17. The molecule has 6 heteroatoms.